The Hall–Kier alpha value is -3.97. The van der Waals surface area contributed by atoms with Gasteiger partial charge in [0.2, 0.25) is 11.8 Å². The highest BCUT2D eigenvalue weighted by Crippen LogP contribution is 2.54. The summed E-state index contributed by atoms with van der Waals surface area (Å²) in [5.41, 5.74) is 3.46. The number of aryl methyl sites for hydroxylation is 2. The smallest absolute Gasteiger partial charge is 0.407 e. The van der Waals surface area contributed by atoms with E-state index in [0.717, 1.165) is 83.9 Å². The van der Waals surface area contributed by atoms with Crippen LogP contribution in [0.25, 0.3) is 0 Å². The zero-order valence-corrected chi connectivity index (χ0v) is 40.7. The van der Waals surface area contributed by atoms with Gasteiger partial charge in [-0.15, -0.1) is 0 Å². The number of hydrogen-bond acceptors (Lipinski definition) is 13. The van der Waals surface area contributed by atoms with Gasteiger partial charge in [0.1, 0.15) is 23.8 Å². The van der Waals surface area contributed by atoms with Crippen molar-refractivity contribution in [3.05, 3.63) is 58.7 Å². The number of amidine groups is 1. The highest BCUT2D eigenvalue weighted by atomic mass is 32.3. The van der Waals surface area contributed by atoms with Crippen LogP contribution in [0.4, 0.5) is 4.79 Å². The molecule has 4 N–H and O–H groups in total. The quantitative estimate of drug-likeness (QED) is 0.0608. The van der Waals surface area contributed by atoms with Crippen molar-refractivity contribution in [1.82, 2.24) is 25.2 Å². The Balaban J connectivity index is 1.27. The lowest BCUT2D eigenvalue weighted by Gasteiger charge is -2.41. The maximum absolute atomic E-state index is 13.5. The van der Waals surface area contributed by atoms with Gasteiger partial charge in [0.15, 0.2) is 0 Å². The minimum absolute atomic E-state index is 0.0424. The third-order valence-corrected chi connectivity index (χ3v) is 13.1. The summed E-state index contributed by atoms with van der Waals surface area (Å²) in [5.74, 6) is 1.58. The van der Waals surface area contributed by atoms with Gasteiger partial charge in [-0.05, 0) is 96.2 Å². The van der Waals surface area contributed by atoms with Gasteiger partial charge in [-0.1, -0.05) is 47.6 Å². The van der Waals surface area contributed by atoms with Crippen molar-refractivity contribution in [3.8, 4) is 5.75 Å². The number of unbranched alkanes of at least 4 members (excludes halogenated alkanes) is 3. The minimum atomic E-state index is -2.29. The molecule has 0 radical (unpaired) electrons. The van der Waals surface area contributed by atoms with Gasteiger partial charge < -0.3 is 53.8 Å². The molecule has 16 nitrogen and oxygen atoms in total. The van der Waals surface area contributed by atoms with E-state index in [1.54, 1.807) is 12.0 Å². The number of likely N-dealkylation sites (N-methyl/N-ethyl adjacent to an activating group) is 1. The van der Waals surface area contributed by atoms with Crippen LogP contribution in [-0.4, -0.2) is 156 Å². The van der Waals surface area contributed by atoms with Crippen LogP contribution in [0.15, 0.2) is 46.3 Å². The zero-order valence-electron chi connectivity index (χ0n) is 39.9. The molecule has 0 saturated heterocycles. The predicted octanol–water partition coefficient (Wildman–Crippen LogP) is 6.24. The molecule has 64 heavy (non-hydrogen) atoms. The van der Waals surface area contributed by atoms with Gasteiger partial charge in [0.25, 0.3) is 0 Å². The number of amides is 3. The topological polar surface area (TPSA) is 182 Å². The molecular formula is C47H78N6O10S. The molecule has 2 aromatic carbocycles. The summed E-state index contributed by atoms with van der Waals surface area (Å²) < 4.78 is 47.2. The average molecular weight is 919 g/mol. The molecule has 2 aromatic rings. The first-order chi connectivity index (χ1) is 30.6. The molecule has 0 fully saturated rings. The summed E-state index contributed by atoms with van der Waals surface area (Å²) in [4.78, 5) is 44.5. The lowest BCUT2D eigenvalue weighted by atomic mass is 10.1. The monoisotopic (exact) mass is 919 g/mol. The van der Waals surface area contributed by atoms with Gasteiger partial charge >= 0.3 is 6.09 Å². The number of nitrogens with zero attached hydrogens (tertiary/aromatic N) is 3. The maximum Gasteiger partial charge on any atom is 0.407 e. The van der Waals surface area contributed by atoms with Crippen LogP contribution < -0.4 is 20.7 Å². The summed E-state index contributed by atoms with van der Waals surface area (Å²) in [6.45, 7) is 16.6. The number of carbonyl (C=O) groups is 3. The van der Waals surface area contributed by atoms with E-state index in [2.05, 4.69) is 20.9 Å². The predicted molar refractivity (Wildman–Crippen MR) is 254 cm³/mol. The summed E-state index contributed by atoms with van der Waals surface area (Å²) in [7, 11) is 1.22. The Morgan fingerprint density at radius 1 is 0.812 bits per heavy atom. The van der Waals surface area contributed by atoms with Crippen LogP contribution in [0.3, 0.4) is 0 Å². The molecule has 362 valence electrons. The average Bonchev–Trinajstić information content (AvgIpc) is 3.79. The first kappa shape index (κ1) is 54.4. The van der Waals surface area contributed by atoms with E-state index in [0.29, 0.717) is 85.2 Å². The van der Waals surface area contributed by atoms with Crippen LogP contribution in [0.5, 0.6) is 5.75 Å². The molecule has 0 spiro atoms. The van der Waals surface area contributed by atoms with Crippen molar-refractivity contribution in [1.29, 1.82) is 0 Å². The Bertz CT molecular complexity index is 1700. The number of aliphatic imine (C=N–C) groups is 1. The number of hydrogen-bond donors (Lipinski definition) is 4. The van der Waals surface area contributed by atoms with E-state index in [1.807, 2.05) is 88.6 Å². The number of benzene rings is 2. The fourth-order valence-electron chi connectivity index (χ4n) is 6.95. The highest BCUT2D eigenvalue weighted by molar-refractivity contribution is 8.26. The fraction of sp³-hybridized carbons (Fsp3) is 0.660. The zero-order chi connectivity index (χ0) is 46.8. The molecule has 17 heteroatoms. The molecule has 1 unspecified atom stereocenters. The van der Waals surface area contributed by atoms with E-state index in [-0.39, 0.29) is 25.0 Å². The third kappa shape index (κ3) is 21.3. The molecule has 0 aromatic heterocycles. The van der Waals surface area contributed by atoms with E-state index >= 15 is 0 Å². The summed E-state index contributed by atoms with van der Waals surface area (Å²) >= 11 is 0. The normalized spacial score (nSPS) is 14.1. The van der Waals surface area contributed by atoms with Crippen molar-refractivity contribution in [2.24, 2.45) is 4.99 Å². The van der Waals surface area contributed by atoms with Crippen molar-refractivity contribution in [2.45, 2.75) is 96.6 Å². The van der Waals surface area contributed by atoms with E-state index in [1.165, 1.54) is 0 Å². The molecule has 3 amide bonds. The lowest BCUT2D eigenvalue weighted by molar-refractivity contribution is -0.137. The van der Waals surface area contributed by atoms with E-state index < -0.39 is 22.2 Å². The van der Waals surface area contributed by atoms with Crippen LogP contribution in [0, 0.1) is 13.8 Å². The second-order valence-corrected chi connectivity index (χ2v) is 19.7. The van der Waals surface area contributed by atoms with Gasteiger partial charge in [-0.3, -0.25) is 14.6 Å². The largest absolute Gasteiger partial charge is 0.497 e. The maximum atomic E-state index is 13.5. The Morgan fingerprint density at radius 2 is 1.44 bits per heavy atom. The van der Waals surface area contributed by atoms with Gasteiger partial charge in [0, 0.05) is 75.6 Å². The van der Waals surface area contributed by atoms with Crippen LogP contribution >= 0.6 is 10.5 Å². The summed E-state index contributed by atoms with van der Waals surface area (Å²) in [5, 5.41) is 8.99. The number of methoxy groups -OCH3 is 1. The molecule has 1 heterocycles. The molecule has 1 aliphatic rings. The molecule has 1 aliphatic heterocycles. The third-order valence-electron chi connectivity index (χ3n) is 10.3. The molecule has 1 atom stereocenters. The molecule has 0 aliphatic carbocycles. The highest BCUT2D eigenvalue weighted by Gasteiger charge is 2.27. The lowest BCUT2D eigenvalue weighted by Crippen LogP contribution is -2.36. The van der Waals surface area contributed by atoms with Crippen LogP contribution in [0.2, 0.25) is 0 Å². The number of nitrogens with one attached hydrogen (secondary N) is 3. The summed E-state index contributed by atoms with van der Waals surface area (Å²) in [6.07, 6.45) is 6.85. The fourth-order valence-corrected chi connectivity index (χ4v) is 9.03. The first-order valence-electron chi connectivity index (χ1n) is 22.7. The molecule has 0 bridgehead atoms. The van der Waals surface area contributed by atoms with E-state index in [9.17, 15) is 18.9 Å². The molecule has 3 rings (SSSR count). The van der Waals surface area contributed by atoms with Crippen molar-refractivity contribution < 1.29 is 47.4 Å². The summed E-state index contributed by atoms with van der Waals surface area (Å²) in [6, 6.07) is 12.0. The number of carbonyl (C=O) groups excluding carboxylic acids is 3. The number of rotatable bonds is 32. The van der Waals surface area contributed by atoms with Crippen LogP contribution in [-0.2, 0) is 39.8 Å². The van der Waals surface area contributed by atoms with Gasteiger partial charge in [-0.2, -0.15) is 0 Å². The molecule has 0 saturated carbocycles. The second kappa shape index (κ2) is 29.5. The number of ether oxygens (including phenoxy) is 6. The number of alkyl carbamates (subject to hydrolysis) is 1. The second-order valence-electron chi connectivity index (χ2n) is 17.0. The van der Waals surface area contributed by atoms with E-state index in [4.69, 9.17) is 28.4 Å². The Labute approximate surface area is 384 Å². The van der Waals surface area contributed by atoms with Crippen molar-refractivity contribution in [3.63, 3.8) is 0 Å². The Morgan fingerprint density at radius 3 is 2.06 bits per heavy atom. The SMILES string of the molecule is COc1cc(C)c(S(C)(O)N(C)CCOCC(=O)N(CCCOCCOCCOCCCNC(=O)CCCCCCNC(=O)OC(C)(C)C)Cc2ccc(C3=NCCN3)cc2)c(C)c1. The van der Waals surface area contributed by atoms with Crippen molar-refractivity contribution in [2.75, 3.05) is 113 Å². The first-order valence-corrected chi connectivity index (χ1v) is 24.6. The van der Waals surface area contributed by atoms with Gasteiger partial charge in [0.05, 0.1) is 46.7 Å². The van der Waals surface area contributed by atoms with Crippen molar-refractivity contribution >= 4 is 34.2 Å². The molecular weight excluding hydrogens is 841 g/mol. The van der Waals surface area contributed by atoms with Crippen LogP contribution in [0.1, 0.15) is 88.0 Å². The minimum Gasteiger partial charge on any atom is -0.497 e. The van der Waals surface area contributed by atoms with Gasteiger partial charge in [-0.25, -0.2) is 9.10 Å². The standard InChI is InChI=1S/C47H78N6O10S/c1-37-33-41(58-7)34-38(2)44(37)64(8,57)52(6)25-28-62-36-43(55)53(35-39-16-18-40(19-17-39)45-49-22-23-50-45)24-14-27-60-30-32-61-31-29-59-26-13-21-48-42(54)15-11-9-10-12-20-51-46(56)63-47(3,4)5/h16-19,33-34,57H,9-15,20-32,35-36H2,1-8H3,(H,48,54)(H,49,50)(H,51,56). The Kier molecular flexibility index (Phi) is 25.1.